The Kier molecular flexibility index (Phi) is 12.9. The molecule has 0 radical (unpaired) electrons. The fraction of sp³-hybridized carbons (Fsp3) is 0.429. The molecular weight excluding hydrogens is 576 g/mol. The van der Waals surface area contributed by atoms with Crippen LogP contribution >= 0.6 is 0 Å². The number of carboxylic acid groups (broad SMARTS) is 1. The summed E-state index contributed by atoms with van der Waals surface area (Å²) in [6.45, 7) is 0.842. The Balaban J connectivity index is 1.37. The standard InChI is InChI=1S/C35H44N2O8/c1-37(22-31(40)27-7-6-8-29(39)19-27)21-30-20-32(25-13-11-24(23-38)12-14-25)45-35(44-30)26-15-17-28(18-16-26)36-33(41)9-4-2-3-5-10-34(42)43/h6-8,11-19,30-32,35,38-40H,2-5,9-10,20-23H2,1H3,(H,36,41)(H,42,43)/t30-,31+,32+,35+/m0/s1. The highest BCUT2D eigenvalue weighted by Gasteiger charge is 2.33. The second-order valence-corrected chi connectivity index (χ2v) is 11.7. The molecule has 1 aliphatic rings. The molecule has 0 saturated carbocycles. The number of carbonyl (C=O) groups excluding carboxylic acids is 1. The van der Waals surface area contributed by atoms with Crippen LogP contribution in [0.4, 0.5) is 5.69 Å². The number of rotatable bonds is 16. The lowest BCUT2D eigenvalue weighted by molar-refractivity contribution is -0.252. The molecule has 1 aliphatic heterocycles. The molecule has 10 nitrogen and oxygen atoms in total. The average Bonchev–Trinajstić information content (AvgIpc) is 3.02. The summed E-state index contributed by atoms with van der Waals surface area (Å²) in [6, 6.07) is 21.7. The fourth-order valence-electron chi connectivity index (χ4n) is 5.45. The first-order valence-electron chi connectivity index (χ1n) is 15.5. The van der Waals surface area contributed by atoms with Crippen LogP contribution in [0.2, 0.25) is 0 Å². The van der Waals surface area contributed by atoms with Crippen molar-refractivity contribution in [3.05, 3.63) is 95.1 Å². The van der Waals surface area contributed by atoms with Gasteiger partial charge in [0.05, 0.1) is 24.9 Å². The Bertz CT molecular complexity index is 1360. The van der Waals surface area contributed by atoms with Crippen LogP contribution in [-0.4, -0.2) is 63.4 Å². The average molecular weight is 621 g/mol. The molecule has 45 heavy (non-hydrogen) atoms. The van der Waals surface area contributed by atoms with Crippen molar-refractivity contribution in [1.29, 1.82) is 0 Å². The van der Waals surface area contributed by atoms with Gasteiger partial charge in [0.25, 0.3) is 0 Å². The number of benzene rings is 3. The third kappa shape index (κ3) is 10.9. The molecule has 3 aromatic rings. The van der Waals surface area contributed by atoms with Crippen molar-refractivity contribution >= 4 is 17.6 Å². The molecule has 1 heterocycles. The van der Waals surface area contributed by atoms with E-state index in [0.29, 0.717) is 50.0 Å². The van der Waals surface area contributed by atoms with Crippen molar-refractivity contribution in [3.63, 3.8) is 0 Å². The summed E-state index contributed by atoms with van der Waals surface area (Å²) in [6.07, 6.45) is 2.12. The van der Waals surface area contributed by atoms with Gasteiger partial charge in [-0.05, 0) is 60.8 Å². The maximum Gasteiger partial charge on any atom is 0.303 e. The smallest absolute Gasteiger partial charge is 0.303 e. The van der Waals surface area contributed by atoms with E-state index in [9.17, 15) is 24.9 Å². The van der Waals surface area contributed by atoms with Crippen molar-refractivity contribution in [2.45, 2.75) is 76.2 Å². The maximum atomic E-state index is 12.4. The Hall–Kier alpha value is -3.80. The van der Waals surface area contributed by atoms with Gasteiger partial charge < -0.3 is 40.1 Å². The number of carbonyl (C=O) groups is 2. The number of aliphatic hydroxyl groups is 2. The predicted octanol–water partition coefficient (Wildman–Crippen LogP) is 5.46. The van der Waals surface area contributed by atoms with Gasteiger partial charge in [-0.1, -0.05) is 61.4 Å². The summed E-state index contributed by atoms with van der Waals surface area (Å²) in [5.41, 5.74) is 3.89. The number of unbranched alkanes of at least 4 members (excludes halogenated alkanes) is 3. The van der Waals surface area contributed by atoms with Crippen molar-refractivity contribution in [2.24, 2.45) is 0 Å². The largest absolute Gasteiger partial charge is 0.508 e. The molecular formula is C35H44N2O8. The first-order chi connectivity index (χ1) is 21.7. The van der Waals surface area contributed by atoms with E-state index in [-0.39, 0.29) is 36.9 Å². The second-order valence-electron chi connectivity index (χ2n) is 11.7. The number of nitrogens with one attached hydrogen (secondary N) is 1. The van der Waals surface area contributed by atoms with Crippen LogP contribution < -0.4 is 5.32 Å². The molecule has 4 rings (SSSR count). The third-order valence-electron chi connectivity index (χ3n) is 7.88. The number of hydrogen-bond acceptors (Lipinski definition) is 8. The summed E-state index contributed by atoms with van der Waals surface area (Å²) in [4.78, 5) is 25.0. The molecule has 4 atom stereocenters. The molecule has 0 unspecified atom stereocenters. The van der Waals surface area contributed by atoms with E-state index in [0.717, 1.165) is 29.5 Å². The zero-order valence-electron chi connectivity index (χ0n) is 25.7. The number of ether oxygens (including phenoxy) is 2. The van der Waals surface area contributed by atoms with E-state index < -0.39 is 18.4 Å². The lowest BCUT2D eigenvalue weighted by Crippen LogP contribution is -2.39. The van der Waals surface area contributed by atoms with Gasteiger partial charge in [-0.2, -0.15) is 0 Å². The Morgan fingerprint density at radius 1 is 0.933 bits per heavy atom. The topological polar surface area (TPSA) is 149 Å². The number of carboxylic acids is 1. The summed E-state index contributed by atoms with van der Waals surface area (Å²) in [7, 11) is 1.92. The molecule has 1 amide bonds. The van der Waals surface area contributed by atoms with Crippen molar-refractivity contribution in [3.8, 4) is 5.75 Å². The van der Waals surface area contributed by atoms with Gasteiger partial charge >= 0.3 is 5.97 Å². The van der Waals surface area contributed by atoms with Gasteiger partial charge in [0.1, 0.15) is 5.75 Å². The zero-order chi connectivity index (χ0) is 32.2. The number of phenols is 1. The molecule has 1 fully saturated rings. The highest BCUT2D eigenvalue weighted by molar-refractivity contribution is 5.90. The number of aliphatic carboxylic acids is 1. The highest BCUT2D eigenvalue weighted by atomic mass is 16.7. The highest BCUT2D eigenvalue weighted by Crippen LogP contribution is 2.38. The number of likely N-dealkylation sites (N-methyl/N-ethyl adjacent to an activating group) is 1. The van der Waals surface area contributed by atoms with Crippen LogP contribution in [0.25, 0.3) is 0 Å². The van der Waals surface area contributed by atoms with Gasteiger partial charge in [0.15, 0.2) is 6.29 Å². The molecule has 0 spiro atoms. The number of phenolic OH excluding ortho intramolecular Hbond substituents is 1. The minimum Gasteiger partial charge on any atom is -0.508 e. The van der Waals surface area contributed by atoms with Crippen LogP contribution in [0, 0.1) is 0 Å². The lowest BCUT2D eigenvalue weighted by atomic mass is 9.99. The lowest BCUT2D eigenvalue weighted by Gasteiger charge is -2.38. The molecule has 1 saturated heterocycles. The second kappa shape index (κ2) is 17.0. The number of anilines is 1. The number of aromatic hydroxyl groups is 1. The number of aliphatic hydroxyl groups excluding tert-OH is 2. The molecule has 0 aliphatic carbocycles. The summed E-state index contributed by atoms with van der Waals surface area (Å²) >= 11 is 0. The van der Waals surface area contributed by atoms with E-state index in [2.05, 4.69) is 5.32 Å². The quantitative estimate of drug-likeness (QED) is 0.132. The van der Waals surface area contributed by atoms with E-state index in [1.807, 2.05) is 60.5 Å². The Morgan fingerprint density at radius 3 is 2.29 bits per heavy atom. The van der Waals surface area contributed by atoms with Gasteiger partial charge in [-0.3, -0.25) is 9.59 Å². The SMILES string of the molecule is CN(C[C@@H]1C[C@H](c2ccc(CO)cc2)O[C@H](c2ccc(NC(=O)CCCCCCC(=O)O)cc2)O1)C[C@@H](O)c1cccc(O)c1. The van der Waals surface area contributed by atoms with Crippen LogP contribution in [0.1, 0.15) is 85.7 Å². The monoisotopic (exact) mass is 620 g/mol. The van der Waals surface area contributed by atoms with Crippen LogP contribution in [-0.2, 0) is 25.7 Å². The van der Waals surface area contributed by atoms with Gasteiger partial charge in [-0.25, -0.2) is 0 Å². The zero-order valence-corrected chi connectivity index (χ0v) is 25.7. The van der Waals surface area contributed by atoms with Crippen LogP contribution in [0.5, 0.6) is 5.75 Å². The van der Waals surface area contributed by atoms with E-state index in [1.165, 1.54) is 0 Å². The minimum absolute atomic E-state index is 0.0395. The summed E-state index contributed by atoms with van der Waals surface area (Å²) in [5, 5.41) is 41.7. The minimum atomic E-state index is -0.795. The third-order valence-corrected chi connectivity index (χ3v) is 7.88. The molecule has 5 N–H and O–H groups in total. The molecule has 0 aromatic heterocycles. The normalized spacial score (nSPS) is 18.9. The van der Waals surface area contributed by atoms with Crippen molar-refractivity contribution in [2.75, 3.05) is 25.5 Å². The number of nitrogens with zero attached hydrogens (tertiary/aromatic N) is 1. The van der Waals surface area contributed by atoms with E-state index in [1.54, 1.807) is 24.3 Å². The van der Waals surface area contributed by atoms with Crippen LogP contribution in [0.15, 0.2) is 72.8 Å². The summed E-state index contributed by atoms with van der Waals surface area (Å²) < 4.78 is 12.8. The Labute approximate surface area is 264 Å². The van der Waals surface area contributed by atoms with Crippen molar-refractivity contribution in [1.82, 2.24) is 4.90 Å². The van der Waals surface area contributed by atoms with E-state index >= 15 is 0 Å². The van der Waals surface area contributed by atoms with Gasteiger partial charge in [-0.15, -0.1) is 0 Å². The molecule has 10 heteroatoms. The Morgan fingerprint density at radius 2 is 1.62 bits per heavy atom. The first-order valence-corrected chi connectivity index (χ1v) is 15.5. The van der Waals surface area contributed by atoms with E-state index in [4.69, 9.17) is 14.6 Å². The van der Waals surface area contributed by atoms with Gasteiger partial charge in [0, 0.05) is 43.6 Å². The van der Waals surface area contributed by atoms with Crippen molar-refractivity contribution < 1.29 is 39.5 Å². The van der Waals surface area contributed by atoms with Gasteiger partial charge in [0.2, 0.25) is 5.91 Å². The predicted molar refractivity (Wildman–Crippen MR) is 169 cm³/mol. The molecule has 0 bridgehead atoms. The number of amides is 1. The molecule has 242 valence electrons. The fourth-order valence-corrected chi connectivity index (χ4v) is 5.45. The summed E-state index contributed by atoms with van der Waals surface area (Å²) in [5.74, 6) is -0.777. The maximum absolute atomic E-state index is 12.4. The molecule has 3 aromatic carbocycles. The van der Waals surface area contributed by atoms with Crippen LogP contribution in [0.3, 0.4) is 0 Å². The number of hydrogen-bond donors (Lipinski definition) is 5. The first kappa shape index (κ1) is 34.1.